The number of hydrogen-bond acceptors (Lipinski definition) is 5. The summed E-state index contributed by atoms with van der Waals surface area (Å²) in [7, 11) is 0. The monoisotopic (exact) mass is 265 g/mol. The van der Waals surface area contributed by atoms with Crippen LogP contribution in [0.5, 0.6) is 0 Å². The lowest BCUT2D eigenvalue weighted by molar-refractivity contribution is -0.132. The van der Waals surface area contributed by atoms with Gasteiger partial charge in [-0.2, -0.15) is 5.26 Å². The van der Waals surface area contributed by atoms with Gasteiger partial charge in [0.1, 0.15) is 5.41 Å². The third-order valence-electron chi connectivity index (χ3n) is 3.09. The van der Waals surface area contributed by atoms with Gasteiger partial charge in [0, 0.05) is 24.3 Å². The van der Waals surface area contributed by atoms with E-state index in [1.807, 2.05) is 6.92 Å². The molecule has 18 heavy (non-hydrogen) atoms. The molecule has 1 aromatic rings. The minimum absolute atomic E-state index is 0.195. The van der Waals surface area contributed by atoms with Gasteiger partial charge in [0.2, 0.25) is 5.91 Å². The van der Waals surface area contributed by atoms with Crippen LogP contribution in [0.15, 0.2) is 6.20 Å². The number of nitrogens with zero attached hydrogens (tertiary/aromatic N) is 2. The van der Waals surface area contributed by atoms with Gasteiger partial charge in [0.05, 0.1) is 17.6 Å². The van der Waals surface area contributed by atoms with Crippen molar-refractivity contribution in [2.75, 3.05) is 13.2 Å². The van der Waals surface area contributed by atoms with Gasteiger partial charge in [0.25, 0.3) is 0 Å². The average Bonchev–Trinajstić information content (AvgIpc) is 2.82. The molecule has 0 radical (unpaired) electrons. The fourth-order valence-electron chi connectivity index (χ4n) is 1.93. The minimum atomic E-state index is -0.919. The Hall–Kier alpha value is -1.45. The number of aromatic nitrogens is 1. The number of rotatable bonds is 3. The Balaban J connectivity index is 1.96. The molecule has 0 spiro atoms. The van der Waals surface area contributed by atoms with Crippen molar-refractivity contribution in [3.63, 3.8) is 0 Å². The first-order chi connectivity index (χ1) is 8.66. The molecule has 0 aliphatic carbocycles. The molecule has 1 aliphatic rings. The van der Waals surface area contributed by atoms with E-state index >= 15 is 0 Å². The van der Waals surface area contributed by atoms with Crippen molar-refractivity contribution in [3.8, 4) is 6.07 Å². The van der Waals surface area contributed by atoms with Crippen LogP contribution < -0.4 is 5.32 Å². The fraction of sp³-hybridized carbons (Fsp3) is 0.583. The molecule has 0 aromatic carbocycles. The topological polar surface area (TPSA) is 75.0 Å². The van der Waals surface area contributed by atoms with Gasteiger partial charge in [-0.1, -0.05) is 0 Å². The highest BCUT2D eigenvalue weighted by atomic mass is 32.1. The van der Waals surface area contributed by atoms with Crippen molar-refractivity contribution in [2.24, 2.45) is 5.41 Å². The van der Waals surface area contributed by atoms with E-state index in [1.165, 1.54) is 0 Å². The summed E-state index contributed by atoms with van der Waals surface area (Å²) < 4.78 is 5.20. The molecule has 6 heteroatoms. The van der Waals surface area contributed by atoms with E-state index in [1.54, 1.807) is 17.5 Å². The predicted octanol–water partition coefficient (Wildman–Crippen LogP) is 1.39. The number of thiazole rings is 1. The molecular weight excluding hydrogens is 250 g/mol. The highest BCUT2D eigenvalue weighted by Gasteiger charge is 2.40. The van der Waals surface area contributed by atoms with E-state index in [-0.39, 0.29) is 5.91 Å². The normalized spacial score (nSPS) is 18.0. The van der Waals surface area contributed by atoms with Gasteiger partial charge in [0.15, 0.2) is 0 Å². The molecule has 1 aliphatic heterocycles. The molecule has 1 fully saturated rings. The maximum Gasteiger partial charge on any atom is 0.240 e. The van der Waals surface area contributed by atoms with Crippen LogP contribution in [-0.4, -0.2) is 24.1 Å². The molecule has 0 bridgehead atoms. The highest BCUT2D eigenvalue weighted by molar-refractivity contribution is 7.11. The molecule has 2 rings (SSSR count). The summed E-state index contributed by atoms with van der Waals surface area (Å²) in [5.41, 5.74) is -0.919. The second kappa shape index (κ2) is 5.46. The van der Waals surface area contributed by atoms with Crippen molar-refractivity contribution < 1.29 is 9.53 Å². The summed E-state index contributed by atoms with van der Waals surface area (Å²) in [6, 6.07) is 2.15. The summed E-state index contributed by atoms with van der Waals surface area (Å²) in [4.78, 5) is 17.3. The van der Waals surface area contributed by atoms with E-state index in [0.29, 0.717) is 32.6 Å². The van der Waals surface area contributed by atoms with E-state index < -0.39 is 5.41 Å². The minimum Gasteiger partial charge on any atom is -0.381 e. The van der Waals surface area contributed by atoms with Crippen LogP contribution in [0.1, 0.15) is 22.7 Å². The van der Waals surface area contributed by atoms with Crippen molar-refractivity contribution in [1.82, 2.24) is 10.3 Å². The number of hydrogen-bond donors (Lipinski definition) is 1. The number of ether oxygens (including phenoxy) is 1. The zero-order valence-electron chi connectivity index (χ0n) is 10.2. The smallest absolute Gasteiger partial charge is 0.240 e. The van der Waals surface area contributed by atoms with E-state index in [9.17, 15) is 10.1 Å². The Morgan fingerprint density at radius 3 is 2.94 bits per heavy atom. The van der Waals surface area contributed by atoms with Gasteiger partial charge in [-0.15, -0.1) is 11.3 Å². The highest BCUT2D eigenvalue weighted by Crippen LogP contribution is 2.30. The van der Waals surface area contributed by atoms with Crippen LogP contribution in [0, 0.1) is 23.7 Å². The summed E-state index contributed by atoms with van der Waals surface area (Å²) >= 11 is 1.55. The molecule has 1 amide bonds. The summed E-state index contributed by atoms with van der Waals surface area (Å²) in [5, 5.41) is 13.0. The van der Waals surface area contributed by atoms with Crippen molar-refractivity contribution in [2.45, 2.75) is 26.3 Å². The lowest BCUT2D eigenvalue weighted by Gasteiger charge is -2.29. The second-order valence-corrected chi connectivity index (χ2v) is 5.65. The van der Waals surface area contributed by atoms with Crippen molar-refractivity contribution in [1.29, 1.82) is 5.26 Å². The van der Waals surface area contributed by atoms with E-state index in [4.69, 9.17) is 4.74 Å². The molecular formula is C12H15N3O2S. The van der Waals surface area contributed by atoms with Crippen LogP contribution in [0.4, 0.5) is 0 Å². The summed E-state index contributed by atoms with van der Waals surface area (Å²) in [5.74, 6) is -0.195. The molecule has 5 nitrogen and oxygen atoms in total. The predicted molar refractivity (Wildman–Crippen MR) is 66.8 cm³/mol. The SMILES string of the molecule is Cc1ncc(CNC(=O)C2(C#N)CCOCC2)s1. The third kappa shape index (κ3) is 2.68. The molecule has 1 N–H and O–H groups in total. The molecule has 1 saturated heterocycles. The maximum atomic E-state index is 12.1. The first-order valence-electron chi connectivity index (χ1n) is 5.85. The van der Waals surface area contributed by atoms with E-state index in [0.717, 1.165) is 9.88 Å². The Morgan fingerprint density at radius 1 is 1.67 bits per heavy atom. The van der Waals surface area contributed by atoms with Crippen LogP contribution in [-0.2, 0) is 16.1 Å². The van der Waals surface area contributed by atoms with Crippen molar-refractivity contribution >= 4 is 17.2 Å². The molecule has 0 atom stereocenters. The lowest BCUT2D eigenvalue weighted by atomic mass is 9.81. The zero-order chi connectivity index (χ0) is 13.0. The summed E-state index contributed by atoms with van der Waals surface area (Å²) in [6.45, 7) is 3.31. The first kappa shape index (κ1) is 13.0. The Labute approximate surface area is 110 Å². The van der Waals surface area contributed by atoms with Crippen LogP contribution in [0.3, 0.4) is 0 Å². The quantitative estimate of drug-likeness (QED) is 0.896. The van der Waals surface area contributed by atoms with Crippen LogP contribution in [0.25, 0.3) is 0 Å². The third-order valence-corrected chi connectivity index (χ3v) is 4.00. The number of carbonyl (C=O) groups excluding carboxylic acids is 1. The largest absolute Gasteiger partial charge is 0.381 e. The van der Waals surface area contributed by atoms with Gasteiger partial charge >= 0.3 is 0 Å². The first-order valence-corrected chi connectivity index (χ1v) is 6.66. The van der Waals surface area contributed by atoms with Crippen LogP contribution >= 0.6 is 11.3 Å². The fourth-order valence-corrected chi connectivity index (χ4v) is 2.67. The molecule has 0 unspecified atom stereocenters. The number of amides is 1. The van der Waals surface area contributed by atoms with Gasteiger partial charge in [-0.3, -0.25) is 4.79 Å². The number of carbonyl (C=O) groups is 1. The van der Waals surface area contributed by atoms with Crippen molar-refractivity contribution in [3.05, 3.63) is 16.1 Å². The lowest BCUT2D eigenvalue weighted by Crippen LogP contribution is -2.43. The standard InChI is InChI=1S/C12H15N3O2S/c1-9-14-6-10(18-9)7-15-11(16)12(8-13)2-4-17-5-3-12/h6H,2-5,7H2,1H3,(H,15,16). The average molecular weight is 265 g/mol. The molecule has 96 valence electrons. The Kier molecular flexibility index (Phi) is 3.94. The Bertz CT molecular complexity index is 472. The van der Waals surface area contributed by atoms with Gasteiger partial charge < -0.3 is 10.1 Å². The molecule has 2 heterocycles. The van der Waals surface area contributed by atoms with Gasteiger partial charge in [-0.25, -0.2) is 4.98 Å². The summed E-state index contributed by atoms with van der Waals surface area (Å²) in [6.07, 6.45) is 2.69. The molecule has 0 saturated carbocycles. The van der Waals surface area contributed by atoms with Gasteiger partial charge in [-0.05, 0) is 19.8 Å². The zero-order valence-corrected chi connectivity index (χ0v) is 11.0. The Morgan fingerprint density at radius 2 is 2.39 bits per heavy atom. The number of nitrogens with one attached hydrogen (secondary N) is 1. The second-order valence-electron chi connectivity index (χ2n) is 4.33. The van der Waals surface area contributed by atoms with Crippen LogP contribution in [0.2, 0.25) is 0 Å². The number of nitriles is 1. The number of aryl methyl sites for hydroxylation is 1. The molecule has 1 aromatic heterocycles. The maximum absolute atomic E-state index is 12.1. The van der Waals surface area contributed by atoms with E-state index in [2.05, 4.69) is 16.4 Å².